The molecule has 2 N–H and O–H groups in total. The largest absolute Gasteiger partial charge is 0.379 e. The van der Waals surface area contributed by atoms with Gasteiger partial charge in [0, 0.05) is 46.8 Å². The second kappa shape index (κ2) is 10.4. The molecule has 1 saturated heterocycles. The van der Waals surface area contributed by atoms with E-state index in [1.807, 2.05) is 7.05 Å². The van der Waals surface area contributed by atoms with Gasteiger partial charge in [0.1, 0.15) is 0 Å². The average Bonchev–Trinajstić information content (AvgIpc) is 2.51. The van der Waals surface area contributed by atoms with Crippen LogP contribution in [0.2, 0.25) is 0 Å². The quantitative estimate of drug-likeness (QED) is 0.421. The minimum Gasteiger partial charge on any atom is -0.379 e. The van der Waals surface area contributed by atoms with Gasteiger partial charge in [-0.05, 0) is 39.0 Å². The Bertz CT molecular complexity index is 350. The molecule has 128 valence electrons. The van der Waals surface area contributed by atoms with Crippen LogP contribution in [-0.2, 0) is 9.53 Å². The molecule has 0 saturated carbocycles. The van der Waals surface area contributed by atoms with Crippen molar-refractivity contribution < 1.29 is 9.53 Å². The minimum absolute atomic E-state index is 0.145. The summed E-state index contributed by atoms with van der Waals surface area (Å²) in [6, 6.07) is 0. The SMILES string of the molecule is CN=C(NCCCOC(C)C)N1CCC(CC(=O)NC)CC1. The van der Waals surface area contributed by atoms with E-state index < -0.39 is 0 Å². The number of hydrogen-bond acceptors (Lipinski definition) is 3. The molecule has 6 nitrogen and oxygen atoms in total. The number of ether oxygens (including phenoxy) is 1. The lowest BCUT2D eigenvalue weighted by molar-refractivity contribution is -0.121. The molecule has 0 aromatic carbocycles. The third kappa shape index (κ3) is 7.11. The normalized spacial score (nSPS) is 17.0. The molecule has 0 radical (unpaired) electrons. The summed E-state index contributed by atoms with van der Waals surface area (Å²) in [5, 5.41) is 6.10. The van der Waals surface area contributed by atoms with E-state index in [2.05, 4.69) is 34.4 Å². The van der Waals surface area contributed by atoms with Crippen LogP contribution >= 0.6 is 0 Å². The smallest absolute Gasteiger partial charge is 0.220 e. The van der Waals surface area contributed by atoms with Crippen LogP contribution in [0.3, 0.4) is 0 Å². The molecule has 1 aliphatic heterocycles. The van der Waals surface area contributed by atoms with E-state index >= 15 is 0 Å². The fraction of sp³-hybridized carbons (Fsp3) is 0.875. The summed E-state index contributed by atoms with van der Waals surface area (Å²) in [6.45, 7) is 7.67. The zero-order chi connectivity index (χ0) is 16.4. The molecular formula is C16H32N4O2. The zero-order valence-electron chi connectivity index (χ0n) is 14.5. The fourth-order valence-corrected chi connectivity index (χ4v) is 2.64. The van der Waals surface area contributed by atoms with Crippen molar-refractivity contribution in [3.05, 3.63) is 0 Å². The first kappa shape index (κ1) is 18.7. The Morgan fingerprint density at radius 1 is 1.36 bits per heavy atom. The van der Waals surface area contributed by atoms with E-state index in [-0.39, 0.29) is 5.91 Å². The lowest BCUT2D eigenvalue weighted by Gasteiger charge is -2.34. The van der Waals surface area contributed by atoms with Crippen LogP contribution in [0.4, 0.5) is 0 Å². The van der Waals surface area contributed by atoms with Crippen molar-refractivity contribution >= 4 is 11.9 Å². The highest BCUT2D eigenvalue weighted by molar-refractivity contribution is 5.80. The number of rotatable bonds is 7. The molecule has 1 heterocycles. The van der Waals surface area contributed by atoms with Gasteiger partial charge in [0.2, 0.25) is 5.91 Å². The standard InChI is InChI=1S/C16H32N4O2/c1-13(2)22-11-5-8-19-16(18-4)20-9-6-14(7-10-20)12-15(21)17-3/h13-14H,5-12H2,1-4H3,(H,17,21)(H,18,19). The first-order valence-electron chi connectivity index (χ1n) is 8.34. The minimum atomic E-state index is 0.145. The van der Waals surface area contributed by atoms with Crippen molar-refractivity contribution in [3.8, 4) is 0 Å². The number of piperidine rings is 1. The van der Waals surface area contributed by atoms with E-state index in [1.54, 1.807) is 7.05 Å². The van der Waals surface area contributed by atoms with Gasteiger partial charge >= 0.3 is 0 Å². The number of carbonyl (C=O) groups excluding carboxylic acids is 1. The molecule has 0 aromatic heterocycles. The molecule has 0 spiro atoms. The van der Waals surface area contributed by atoms with Crippen LogP contribution < -0.4 is 10.6 Å². The number of aliphatic imine (C=N–C) groups is 1. The predicted octanol–water partition coefficient (Wildman–Crippen LogP) is 1.23. The Hall–Kier alpha value is -1.30. The second-order valence-electron chi connectivity index (χ2n) is 6.05. The van der Waals surface area contributed by atoms with Gasteiger partial charge in [-0.15, -0.1) is 0 Å². The summed E-state index contributed by atoms with van der Waals surface area (Å²) in [5.74, 6) is 1.60. The molecule has 1 amide bonds. The van der Waals surface area contributed by atoms with Crippen LogP contribution in [0, 0.1) is 5.92 Å². The van der Waals surface area contributed by atoms with Crippen LogP contribution in [0.25, 0.3) is 0 Å². The summed E-state index contributed by atoms with van der Waals surface area (Å²) < 4.78 is 5.53. The van der Waals surface area contributed by atoms with Crippen molar-refractivity contribution in [2.75, 3.05) is 40.3 Å². The third-order valence-electron chi connectivity index (χ3n) is 3.93. The first-order chi connectivity index (χ1) is 10.6. The molecule has 22 heavy (non-hydrogen) atoms. The van der Waals surface area contributed by atoms with Gasteiger partial charge in [-0.1, -0.05) is 0 Å². The molecule has 1 aliphatic rings. The number of amides is 1. The number of hydrogen-bond donors (Lipinski definition) is 2. The Labute approximate surface area is 134 Å². The van der Waals surface area contributed by atoms with E-state index in [4.69, 9.17) is 4.74 Å². The number of nitrogens with zero attached hydrogens (tertiary/aromatic N) is 2. The topological polar surface area (TPSA) is 66.0 Å². The molecule has 1 rings (SSSR count). The van der Waals surface area contributed by atoms with Gasteiger partial charge < -0.3 is 20.3 Å². The Kier molecular flexibility index (Phi) is 8.89. The summed E-state index contributed by atoms with van der Waals surface area (Å²) in [6.07, 6.45) is 4.00. The lowest BCUT2D eigenvalue weighted by atomic mass is 9.93. The summed E-state index contributed by atoms with van der Waals surface area (Å²) in [5.41, 5.74) is 0. The summed E-state index contributed by atoms with van der Waals surface area (Å²) >= 11 is 0. The molecule has 6 heteroatoms. The number of carbonyl (C=O) groups is 1. The highest BCUT2D eigenvalue weighted by Gasteiger charge is 2.22. The molecule has 0 bridgehead atoms. The van der Waals surface area contributed by atoms with Crippen LogP contribution in [0.15, 0.2) is 4.99 Å². The van der Waals surface area contributed by atoms with E-state index in [9.17, 15) is 4.79 Å². The number of guanidine groups is 1. The average molecular weight is 312 g/mol. The fourth-order valence-electron chi connectivity index (χ4n) is 2.64. The molecule has 1 fully saturated rings. The zero-order valence-corrected chi connectivity index (χ0v) is 14.5. The van der Waals surface area contributed by atoms with Crippen LogP contribution in [-0.4, -0.2) is 63.2 Å². The lowest BCUT2D eigenvalue weighted by Crippen LogP contribution is -2.46. The van der Waals surface area contributed by atoms with Gasteiger partial charge in [0.25, 0.3) is 0 Å². The molecular weight excluding hydrogens is 280 g/mol. The maximum Gasteiger partial charge on any atom is 0.220 e. The highest BCUT2D eigenvalue weighted by atomic mass is 16.5. The summed E-state index contributed by atoms with van der Waals surface area (Å²) in [7, 11) is 3.52. The van der Waals surface area contributed by atoms with Gasteiger partial charge in [0.15, 0.2) is 5.96 Å². The Balaban J connectivity index is 2.24. The van der Waals surface area contributed by atoms with Crippen molar-refractivity contribution in [2.45, 2.75) is 45.6 Å². The van der Waals surface area contributed by atoms with Gasteiger partial charge in [-0.3, -0.25) is 9.79 Å². The Morgan fingerprint density at radius 2 is 2.05 bits per heavy atom. The van der Waals surface area contributed by atoms with Crippen molar-refractivity contribution in [3.63, 3.8) is 0 Å². The van der Waals surface area contributed by atoms with Gasteiger partial charge in [-0.2, -0.15) is 0 Å². The molecule has 0 aromatic rings. The second-order valence-corrected chi connectivity index (χ2v) is 6.05. The van der Waals surface area contributed by atoms with Crippen LogP contribution in [0.1, 0.15) is 39.5 Å². The Morgan fingerprint density at radius 3 is 2.59 bits per heavy atom. The van der Waals surface area contributed by atoms with E-state index in [0.717, 1.165) is 51.5 Å². The summed E-state index contributed by atoms with van der Waals surface area (Å²) in [4.78, 5) is 18.1. The van der Waals surface area contributed by atoms with Crippen molar-refractivity contribution in [1.29, 1.82) is 0 Å². The maximum atomic E-state index is 11.4. The predicted molar refractivity (Wildman–Crippen MR) is 90.0 cm³/mol. The van der Waals surface area contributed by atoms with Crippen molar-refractivity contribution in [2.24, 2.45) is 10.9 Å². The van der Waals surface area contributed by atoms with Gasteiger partial charge in [-0.25, -0.2) is 0 Å². The number of nitrogens with one attached hydrogen (secondary N) is 2. The van der Waals surface area contributed by atoms with E-state index in [0.29, 0.717) is 18.4 Å². The molecule has 0 unspecified atom stereocenters. The monoisotopic (exact) mass is 312 g/mol. The molecule has 0 atom stereocenters. The number of likely N-dealkylation sites (tertiary alicyclic amines) is 1. The maximum absolute atomic E-state index is 11.4. The van der Waals surface area contributed by atoms with Gasteiger partial charge in [0.05, 0.1) is 6.10 Å². The molecule has 0 aliphatic carbocycles. The van der Waals surface area contributed by atoms with Crippen molar-refractivity contribution in [1.82, 2.24) is 15.5 Å². The third-order valence-corrected chi connectivity index (χ3v) is 3.93. The van der Waals surface area contributed by atoms with Crippen LogP contribution in [0.5, 0.6) is 0 Å². The highest BCUT2D eigenvalue weighted by Crippen LogP contribution is 2.20. The first-order valence-corrected chi connectivity index (χ1v) is 8.34. The van der Waals surface area contributed by atoms with E-state index in [1.165, 1.54) is 0 Å².